The van der Waals surface area contributed by atoms with Crippen LogP contribution < -0.4 is 5.32 Å². The first-order valence-corrected chi connectivity index (χ1v) is 9.06. The first-order chi connectivity index (χ1) is 10.2. The third-order valence-electron chi connectivity index (χ3n) is 4.87. The molecule has 1 fully saturated rings. The molecule has 1 saturated carbocycles. The molecule has 0 bridgehead atoms. The van der Waals surface area contributed by atoms with Gasteiger partial charge in [0.2, 0.25) is 0 Å². The second-order valence-electron chi connectivity index (χ2n) is 6.32. The normalized spacial score (nSPS) is 26.0. The van der Waals surface area contributed by atoms with Crippen molar-refractivity contribution in [1.29, 1.82) is 0 Å². The van der Waals surface area contributed by atoms with Crippen LogP contribution in [0.3, 0.4) is 0 Å². The van der Waals surface area contributed by atoms with Gasteiger partial charge in [0.25, 0.3) is 0 Å². The second-order valence-corrected chi connectivity index (χ2v) is 7.17. The Kier molecular flexibility index (Phi) is 6.85. The van der Waals surface area contributed by atoms with E-state index in [1.54, 1.807) is 0 Å². The summed E-state index contributed by atoms with van der Waals surface area (Å²) in [5.41, 5.74) is 1.26. The maximum absolute atomic E-state index is 6.47. The van der Waals surface area contributed by atoms with Gasteiger partial charge in [-0.3, -0.25) is 0 Å². The van der Waals surface area contributed by atoms with Gasteiger partial charge >= 0.3 is 0 Å². The maximum Gasteiger partial charge on any atom is 0.0441 e. The topological polar surface area (TPSA) is 12.0 Å². The lowest BCUT2D eigenvalue weighted by Crippen LogP contribution is -2.32. The first kappa shape index (κ1) is 17.1. The van der Waals surface area contributed by atoms with Gasteiger partial charge in [0.05, 0.1) is 0 Å². The molecule has 1 aromatic rings. The average Bonchev–Trinajstić information content (AvgIpc) is 2.50. The maximum atomic E-state index is 6.47. The largest absolute Gasteiger partial charge is 0.316 e. The molecule has 0 spiro atoms. The summed E-state index contributed by atoms with van der Waals surface area (Å²) >= 11 is 12.7. The van der Waals surface area contributed by atoms with Gasteiger partial charge in [-0.25, -0.2) is 0 Å². The Labute approximate surface area is 139 Å². The summed E-state index contributed by atoms with van der Waals surface area (Å²) in [5, 5.41) is 5.27. The van der Waals surface area contributed by atoms with Crippen LogP contribution in [0.2, 0.25) is 10.0 Å². The van der Waals surface area contributed by atoms with Gasteiger partial charge < -0.3 is 5.32 Å². The van der Waals surface area contributed by atoms with E-state index in [0.717, 1.165) is 29.1 Å². The van der Waals surface area contributed by atoms with Crippen LogP contribution in [0.25, 0.3) is 0 Å². The molecule has 0 heterocycles. The van der Waals surface area contributed by atoms with Crippen molar-refractivity contribution in [3.8, 4) is 0 Å². The third kappa shape index (κ3) is 4.61. The molecule has 1 N–H and O–H groups in total. The van der Waals surface area contributed by atoms with Crippen LogP contribution in [0.15, 0.2) is 18.2 Å². The van der Waals surface area contributed by atoms with Crippen molar-refractivity contribution in [2.45, 2.75) is 51.9 Å². The Bertz CT molecular complexity index is 445. The first-order valence-electron chi connectivity index (χ1n) is 8.31. The minimum absolute atomic E-state index is 0.541. The van der Waals surface area contributed by atoms with E-state index in [1.165, 1.54) is 37.7 Å². The van der Waals surface area contributed by atoms with Gasteiger partial charge in [-0.1, -0.05) is 49.9 Å². The Hall–Kier alpha value is -0.240. The average molecular weight is 328 g/mol. The van der Waals surface area contributed by atoms with Gasteiger partial charge in [0.1, 0.15) is 0 Å². The summed E-state index contributed by atoms with van der Waals surface area (Å²) in [6.07, 6.45) is 6.35. The molecule has 0 amide bonds. The highest BCUT2D eigenvalue weighted by Gasteiger charge is 2.31. The van der Waals surface area contributed by atoms with Gasteiger partial charge in [-0.2, -0.15) is 0 Å². The molecule has 1 aliphatic rings. The Morgan fingerprint density at radius 1 is 1.19 bits per heavy atom. The van der Waals surface area contributed by atoms with Crippen molar-refractivity contribution in [3.63, 3.8) is 0 Å². The fourth-order valence-corrected chi connectivity index (χ4v) is 4.02. The molecule has 1 aliphatic carbocycles. The highest BCUT2D eigenvalue weighted by Crippen LogP contribution is 2.44. The van der Waals surface area contributed by atoms with Gasteiger partial charge in [0.15, 0.2) is 0 Å². The molecule has 1 nitrogen and oxygen atoms in total. The van der Waals surface area contributed by atoms with Crippen LogP contribution in [0.4, 0.5) is 0 Å². The zero-order valence-corrected chi connectivity index (χ0v) is 14.7. The van der Waals surface area contributed by atoms with Crippen molar-refractivity contribution < 1.29 is 0 Å². The van der Waals surface area contributed by atoms with E-state index in [1.807, 2.05) is 12.1 Å². The molecule has 3 heteroatoms. The van der Waals surface area contributed by atoms with E-state index in [-0.39, 0.29) is 0 Å². The third-order valence-corrected chi connectivity index (χ3v) is 5.45. The number of benzene rings is 1. The predicted octanol–water partition coefficient (Wildman–Crippen LogP) is 5.90. The summed E-state index contributed by atoms with van der Waals surface area (Å²) in [5.74, 6) is 2.04. The predicted molar refractivity (Wildman–Crippen MR) is 93.5 cm³/mol. The molecule has 2 rings (SSSR count). The van der Waals surface area contributed by atoms with Crippen molar-refractivity contribution in [3.05, 3.63) is 33.8 Å². The number of halogens is 2. The van der Waals surface area contributed by atoms with Gasteiger partial charge in [-0.15, -0.1) is 0 Å². The minimum atomic E-state index is 0.541. The highest BCUT2D eigenvalue weighted by atomic mass is 35.5. The lowest BCUT2D eigenvalue weighted by Gasteiger charge is -2.37. The Morgan fingerprint density at radius 2 is 2.00 bits per heavy atom. The summed E-state index contributed by atoms with van der Waals surface area (Å²) in [7, 11) is 0. The van der Waals surface area contributed by atoms with E-state index >= 15 is 0 Å². The van der Waals surface area contributed by atoms with Crippen LogP contribution >= 0.6 is 23.2 Å². The quantitative estimate of drug-likeness (QED) is 0.641. The SMILES string of the molecule is CCCNCC1CCC(CC)CC1c1cc(Cl)ccc1Cl. The van der Waals surface area contributed by atoms with E-state index in [2.05, 4.69) is 25.2 Å². The zero-order chi connectivity index (χ0) is 15.2. The van der Waals surface area contributed by atoms with E-state index in [0.29, 0.717) is 11.8 Å². The van der Waals surface area contributed by atoms with Crippen LogP contribution in [-0.4, -0.2) is 13.1 Å². The van der Waals surface area contributed by atoms with Gasteiger partial charge in [0, 0.05) is 10.0 Å². The van der Waals surface area contributed by atoms with Crippen LogP contribution in [-0.2, 0) is 0 Å². The van der Waals surface area contributed by atoms with Crippen molar-refractivity contribution >= 4 is 23.2 Å². The Balaban J connectivity index is 2.17. The monoisotopic (exact) mass is 327 g/mol. The molecule has 3 unspecified atom stereocenters. The van der Waals surface area contributed by atoms with Crippen LogP contribution in [0.1, 0.15) is 57.4 Å². The molecule has 21 heavy (non-hydrogen) atoms. The van der Waals surface area contributed by atoms with E-state index < -0.39 is 0 Å². The lowest BCUT2D eigenvalue weighted by molar-refractivity contribution is 0.226. The fourth-order valence-electron chi connectivity index (χ4n) is 3.58. The van der Waals surface area contributed by atoms with Crippen molar-refractivity contribution in [2.24, 2.45) is 11.8 Å². The summed E-state index contributed by atoms with van der Waals surface area (Å²) < 4.78 is 0. The van der Waals surface area contributed by atoms with Crippen molar-refractivity contribution in [1.82, 2.24) is 5.32 Å². The zero-order valence-electron chi connectivity index (χ0n) is 13.2. The molecule has 3 atom stereocenters. The van der Waals surface area contributed by atoms with Gasteiger partial charge in [-0.05, 0) is 73.9 Å². The molecule has 0 aromatic heterocycles. The lowest BCUT2D eigenvalue weighted by atomic mass is 9.70. The Morgan fingerprint density at radius 3 is 2.71 bits per heavy atom. The van der Waals surface area contributed by atoms with E-state index in [4.69, 9.17) is 23.2 Å². The molecular weight excluding hydrogens is 301 g/mol. The summed E-state index contributed by atoms with van der Waals surface area (Å²) in [6.45, 7) is 6.71. The molecular formula is C18H27Cl2N. The second kappa shape index (κ2) is 8.41. The number of hydrogen-bond donors (Lipinski definition) is 1. The molecule has 0 saturated heterocycles. The van der Waals surface area contributed by atoms with Crippen molar-refractivity contribution in [2.75, 3.05) is 13.1 Å². The summed E-state index contributed by atoms with van der Waals surface area (Å²) in [6, 6.07) is 5.92. The number of hydrogen-bond acceptors (Lipinski definition) is 1. The minimum Gasteiger partial charge on any atom is -0.316 e. The molecule has 118 valence electrons. The number of nitrogens with one attached hydrogen (secondary N) is 1. The number of rotatable bonds is 6. The summed E-state index contributed by atoms with van der Waals surface area (Å²) in [4.78, 5) is 0. The smallest absolute Gasteiger partial charge is 0.0441 e. The van der Waals surface area contributed by atoms with Crippen LogP contribution in [0.5, 0.6) is 0 Å². The van der Waals surface area contributed by atoms with E-state index in [9.17, 15) is 0 Å². The standard InChI is InChI=1S/C18H27Cl2N/c1-3-9-21-12-14-6-5-13(4-2)10-16(14)17-11-15(19)7-8-18(17)20/h7-8,11,13-14,16,21H,3-6,9-10,12H2,1-2H3. The fraction of sp³-hybridized carbons (Fsp3) is 0.667. The molecule has 1 aromatic carbocycles. The molecule has 0 aliphatic heterocycles. The van der Waals surface area contributed by atoms with Crippen LogP contribution in [0, 0.1) is 11.8 Å². The highest BCUT2D eigenvalue weighted by molar-refractivity contribution is 6.33. The molecule has 0 radical (unpaired) electrons.